The third kappa shape index (κ3) is 7.59. The van der Waals surface area contributed by atoms with E-state index in [0.29, 0.717) is 23.2 Å². The molecule has 0 fully saturated rings. The maximum absolute atomic E-state index is 13.1. The van der Waals surface area contributed by atoms with E-state index in [1.54, 1.807) is 24.0 Å². The zero-order chi connectivity index (χ0) is 23.0. The Morgan fingerprint density at radius 1 is 1.00 bits per heavy atom. The second-order valence-electron chi connectivity index (χ2n) is 8.15. The molecule has 2 atom stereocenters. The molecular weight excluding hydrogens is 412 g/mol. The third-order valence-corrected chi connectivity index (χ3v) is 5.60. The van der Waals surface area contributed by atoms with Crippen LogP contribution in [0.3, 0.4) is 0 Å². The van der Waals surface area contributed by atoms with Gasteiger partial charge >= 0.3 is 0 Å². The Bertz CT molecular complexity index is 850. The van der Waals surface area contributed by atoms with Gasteiger partial charge in [0.05, 0.1) is 0 Å². The Morgan fingerprint density at radius 2 is 1.61 bits per heavy atom. The molecule has 0 saturated carbocycles. The second-order valence-corrected chi connectivity index (χ2v) is 8.59. The number of hydrogen-bond acceptors (Lipinski definition) is 3. The molecule has 2 amide bonds. The van der Waals surface area contributed by atoms with Crippen LogP contribution in [0.25, 0.3) is 0 Å². The van der Waals surface area contributed by atoms with Crippen LogP contribution in [0.1, 0.15) is 58.1 Å². The van der Waals surface area contributed by atoms with Gasteiger partial charge in [0.25, 0.3) is 5.91 Å². The molecule has 0 saturated heterocycles. The molecule has 2 rings (SSSR count). The van der Waals surface area contributed by atoms with Crippen LogP contribution in [0.4, 0.5) is 0 Å². The van der Waals surface area contributed by atoms with Crippen molar-refractivity contribution >= 4 is 23.4 Å². The molecule has 6 heteroatoms. The minimum Gasteiger partial charge on any atom is -0.484 e. The van der Waals surface area contributed by atoms with Crippen LogP contribution >= 0.6 is 11.6 Å². The minimum atomic E-state index is -0.635. The maximum atomic E-state index is 13.1. The van der Waals surface area contributed by atoms with E-state index in [9.17, 15) is 9.59 Å². The second kappa shape index (κ2) is 11.8. The van der Waals surface area contributed by atoms with E-state index in [0.717, 1.165) is 12.0 Å². The molecule has 0 aromatic heterocycles. The summed E-state index contributed by atoms with van der Waals surface area (Å²) in [6.07, 6.45) is 0.819. The Morgan fingerprint density at radius 3 is 2.16 bits per heavy atom. The van der Waals surface area contributed by atoms with Gasteiger partial charge in [-0.15, -0.1) is 0 Å². The van der Waals surface area contributed by atoms with Crippen molar-refractivity contribution in [1.82, 2.24) is 10.2 Å². The van der Waals surface area contributed by atoms with Crippen LogP contribution in [0, 0.1) is 0 Å². The van der Waals surface area contributed by atoms with Crippen molar-refractivity contribution in [3.8, 4) is 5.75 Å². The Balaban J connectivity index is 2.12. The molecule has 0 aliphatic heterocycles. The molecule has 31 heavy (non-hydrogen) atoms. The average Bonchev–Trinajstić information content (AvgIpc) is 2.76. The molecule has 0 aliphatic rings. The number of nitrogens with one attached hydrogen (secondary N) is 1. The summed E-state index contributed by atoms with van der Waals surface area (Å²) in [5.41, 5.74) is 2.10. The first kappa shape index (κ1) is 24.7. The van der Waals surface area contributed by atoms with Crippen LogP contribution in [-0.2, 0) is 16.1 Å². The summed E-state index contributed by atoms with van der Waals surface area (Å²) in [5.74, 6) is 0.615. The standard InChI is InChI=1S/C25H33ClN2O3/c1-6-18(4)27-25(30)19(5)28(15-20-7-11-22(26)12-8-20)24(29)16-31-23-13-9-21(10-14-23)17(2)3/h7-14,17-19H,6,15-16H2,1-5H3,(H,27,30)/t18-,19-/m1/s1. The number of hydrogen-bond donors (Lipinski definition) is 1. The first-order valence-corrected chi connectivity index (χ1v) is 11.2. The number of amides is 2. The van der Waals surface area contributed by atoms with Crippen molar-refractivity contribution in [2.75, 3.05) is 6.61 Å². The van der Waals surface area contributed by atoms with Crippen molar-refractivity contribution in [3.63, 3.8) is 0 Å². The predicted octanol–water partition coefficient (Wildman–Crippen LogP) is 5.17. The van der Waals surface area contributed by atoms with Crippen LogP contribution in [0.15, 0.2) is 48.5 Å². The van der Waals surface area contributed by atoms with E-state index in [1.165, 1.54) is 5.56 Å². The van der Waals surface area contributed by atoms with Gasteiger partial charge in [0.15, 0.2) is 6.61 Å². The summed E-state index contributed by atoms with van der Waals surface area (Å²) >= 11 is 5.98. The van der Waals surface area contributed by atoms with Crippen LogP contribution in [0.5, 0.6) is 5.75 Å². The SMILES string of the molecule is CC[C@@H](C)NC(=O)[C@@H](C)N(Cc1ccc(Cl)cc1)C(=O)COc1ccc(C(C)C)cc1. The average molecular weight is 445 g/mol. The summed E-state index contributed by atoms with van der Waals surface area (Å²) < 4.78 is 5.73. The smallest absolute Gasteiger partial charge is 0.261 e. The van der Waals surface area contributed by atoms with Gasteiger partial charge in [-0.05, 0) is 61.6 Å². The number of carbonyl (C=O) groups is 2. The third-order valence-electron chi connectivity index (χ3n) is 5.34. The fraction of sp³-hybridized carbons (Fsp3) is 0.440. The quantitative estimate of drug-likeness (QED) is 0.549. The fourth-order valence-electron chi connectivity index (χ4n) is 3.01. The molecule has 0 aliphatic carbocycles. The van der Waals surface area contributed by atoms with Gasteiger partial charge in [0.2, 0.25) is 5.91 Å². The van der Waals surface area contributed by atoms with Crippen molar-refractivity contribution in [2.24, 2.45) is 0 Å². The Labute approximate surface area is 190 Å². The van der Waals surface area contributed by atoms with Crippen LogP contribution < -0.4 is 10.1 Å². The summed E-state index contributed by atoms with van der Waals surface area (Å²) in [4.78, 5) is 27.3. The molecule has 168 valence electrons. The van der Waals surface area contributed by atoms with Gasteiger partial charge in [0.1, 0.15) is 11.8 Å². The highest BCUT2D eigenvalue weighted by Crippen LogP contribution is 2.19. The summed E-state index contributed by atoms with van der Waals surface area (Å²) in [6.45, 7) is 10.1. The highest BCUT2D eigenvalue weighted by Gasteiger charge is 2.27. The lowest BCUT2D eigenvalue weighted by Crippen LogP contribution is -2.50. The molecule has 2 aromatic carbocycles. The van der Waals surface area contributed by atoms with Gasteiger partial charge in [-0.1, -0.05) is 56.6 Å². The van der Waals surface area contributed by atoms with Gasteiger partial charge < -0.3 is 15.0 Å². The van der Waals surface area contributed by atoms with E-state index >= 15 is 0 Å². The molecule has 0 radical (unpaired) electrons. The molecule has 0 bridgehead atoms. The van der Waals surface area contributed by atoms with E-state index in [-0.39, 0.29) is 24.5 Å². The van der Waals surface area contributed by atoms with Crippen LogP contribution in [-0.4, -0.2) is 35.4 Å². The molecule has 1 N–H and O–H groups in total. The highest BCUT2D eigenvalue weighted by molar-refractivity contribution is 6.30. The highest BCUT2D eigenvalue weighted by atomic mass is 35.5. The largest absolute Gasteiger partial charge is 0.484 e. The van der Waals surface area contributed by atoms with Gasteiger partial charge in [-0.25, -0.2) is 0 Å². The lowest BCUT2D eigenvalue weighted by molar-refractivity contribution is -0.142. The lowest BCUT2D eigenvalue weighted by Gasteiger charge is -2.29. The summed E-state index contributed by atoms with van der Waals surface area (Å²) in [5, 5.41) is 3.58. The number of carbonyl (C=O) groups excluding carboxylic acids is 2. The molecule has 5 nitrogen and oxygen atoms in total. The maximum Gasteiger partial charge on any atom is 0.261 e. The zero-order valence-electron chi connectivity index (χ0n) is 19.0. The van der Waals surface area contributed by atoms with Gasteiger partial charge in [0, 0.05) is 17.6 Å². The summed E-state index contributed by atoms with van der Waals surface area (Å²) in [6, 6.07) is 14.4. The summed E-state index contributed by atoms with van der Waals surface area (Å²) in [7, 11) is 0. The van der Waals surface area contributed by atoms with E-state index in [4.69, 9.17) is 16.3 Å². The molecular formula is C25H33ClN2O3. The fourth-order valence-corrected chi connectivity index (χ4v) is 3.14. The zero-order valence-corrected chi connectivity index (χ0v) is 19.8. The van der Waals surface area contributed by atoms with Crippen molar-refractivity contribution in [2.45, 2.75) is 65.6 Å². The Kier molecular flexibility index (Phi) is 9.38. The van der Waals surface area contributed by atoms with Crippen molar-refractivity contribution in [1.29, 1.82) is 0 Å². The molecule has 0 spiro atoms. The molecule has 2 aromatic rings. The normalized spacial score (nSPS) is 12.9. The number of benzene rings is 2. The molecule has 0 unspecified atom stereocenters. The first-order valence-electron chi connectivity index (χ1n) is 10.8. The number of halogens is 1. The predicted molar refractivity (Wildman–Crippen MR) is 125 cm³/mol. The minimum absolute atomic E-state index is 0.0400. The van der Waals surface area contributed by atoms with Crippen molar-refractivity contribution < 1.29 is 14.3 Å². The van der Waals surface area contributed by atoms with Crippen molar-refractivity contribution in [3.05, 3.63) is 64.7 Å². The topological polar surface area (TPSA) is 58.6 Å². The first-order chi connectivity index (χ1) is 14.7. The van der Waals surface area contributed by atoms with E-state index in [1.807, 2.05) is 50.2 Å². The van der Waals surface area contributed by atoms with Gasteiger partial charge in [-0.3, -0.25) is 9.59 Å². The van der Waals surface area contributed by atoms with E-state index < -0.39 is 6.04 Å². The number of rotatable bonds is 10. The number of nitrogens with zero attached hydrogens (tertiary/aromatic N) is 1. The van der Waals surface area contributed by atoms with Crippen LogP contribution in [0.2, 0.25) is 5.02 Å². The molecule has 0 heterocycles. The number of ether oxygens (including phenoxy) is 1. The lowest BCUT2D eigenvalue weighted by atomic mass is 10.0. The monoisotopic (exact) mass is 444 g/mol. The van der Waals surface area contributed by atoms with Gasteiger partial charge in [-0.2, -0.15) is 0 Å². The van der Waals surface area contributed by atoms with E-state index in [2.05, 4.69) is 19.2 Å². The Hall–Kier alpha value is -2.53.